The van der Waals surface area contributed by atoms with Crippen molar-refractivity contribution in [3.05, 3.63) is 71.4 Å². The minimum Gasteiger partial charge on any atom is -0.493 e. The lowest BCUT2D eigenvalue weighted by Gasteiger charge is -2.48. The largest absolute Gasteiger partial charge is 0.573 e. The second-order valence-corrected chi connectivity index (χ2v) is 9.90. The van der Waals surface area contributed by atoms with E-state index in [2.05, 4.69) is 33.7 Å². The highest BCUT2D eigenvalue weighted by Gasteiger charge is 2.42. The van der Waals surface area contributed by atoms with Crippen LogP contribution in [-0.4, -0.2) is 49.5 Å². The van der Waals surface area contributed by atoms with Crippen molar-refractivity contribution in [2.24, 2.45) is 0 Å². The first-order valence-corrected chi connectivity index (χ1v) is 12.7. The van der Waals surface area contributed by atoms with Gasteiger partial charge >= 0.3 is 6.36 Å². The summed E-state index contributed by atoms with van der Waals surface area (Å²) in [7, 11) is 2.10. The molecule has 5 rings (SSSR count). The molecule has 0 saturated carbocycles. The zero-order valence-electron chi connectivity index (χ0n) is 21.4. The number of nitriles is 1. The van der Waals surface area contributed by atoms with Crippen LogP contribution in [0.15, 0.2) is 54.6 Å². The predicted octanol–water partition coefficient (Wildman–Crippen LogP) is 5.90. The van der Waals surface area contributed by atoms with Gasteiger partial charge in [-0.2, -0.15) is 5.26 Å². The number of rotatable bonds is 5. The molecule has 2 aliphatic heterocycles. The molecule has 0 atom stereocenters. The Kier molecular flexibility index (Phi) is 6.93. The van der Waals surface area contributed by atoms with Crippen molar-refractivity contribution in [2.45, 2.75) is 38.1 Å². The summed E-state index contributed by atoms with van der Waals surface area (Å²) in [6.07, 6.45) is -3.12. The molecule has 3 aromatic rings. The summed E-state index contributed by atoms with van der Waals surface area (Å²) in [5.41, 5.74) is 4.87. The van der Waals surface area contributed by atoms with Crippen LogP contribution in [0.1, 0.15) is 36.6 Å². The van der Waals surface area contributed by atoms with Gasteiger partial charge in [-0.3, -0.25) is 9.88 Å². The summed E-state index contributed by atoms with van der Waals surface area (Å²) < 4.78 is 47.7. The van der Waals surface area contributed by atoms with E-state index in [0.29, 0.717) is 25.4 Å². The standard InChI is InChI=1S/C29H29F3N4O2/c1-3-37-27-7-5-4-6-22(27)24-10-9-23-25(34-24)18-35(2)19-28(23)12-14-36(15-13-28)26-11-8-21(16-20(26)17-33)38-29(30,31)32/h4-11,16H,3,12-15,18-19H2,1-2H3. The molecule has 0 unspecified atom stereocenters. The molecule has 0 N–H and O–H groups in total. The topological polar surface area (TPSA) is 61.6 Å². The highest BCUT2D eigenvalue weighted by molar-refractivity contribution is 5.68. The molecule has 1 aromatic heterocycles. The molecule has 9 heteroatoms. The number of piperidine rings is 1. The quantitative estimate of drug-likeness (QED) is 0.416. The first kappa shape index (κ1) is 25.9. The Morgan fingerprint density at radius 1 is 1.08 bits per heavy atom. The number of para-hydroxylation sites is 1. The summed E-state index contributed by atoms with van der Waals surface area (Å²) in [5.74, 6) is 0.427. The van der Waals surface area contributed by atoms with Crippen LogP contribution in [0.2, 0.25) is 0 Å². The Hall–Kier alpha value is -3.77. The van der Waals surface area contributed by atoms with Crippen LogP contribution >= 0.6 is 0 Å². The number of benzene rings is 2. The first-order chi connectivity index (χ1) is 18.2. The van der Waals surface area contributed by atoms with Crippen LogP contribution in [0.5, 0.6) is 11.5 Å². The molecule has 0 bridgehead atoms. The normalized spacial score (nSPS) is 17.1. The van der Waals surface area contributed by atoms with Crippen LogP contribution < -0.4 is 14.4 Å². The number of likely N-dealkylation sites (N-methyl/N-ethyl adjacent to an activating group) is 1. The fourth-order valence-corrected chi connectivity index (χ4v) is 5.81. The minimum absolute atomic E-state index is 0.0874. The number of fused-ring (bicyclic) bond motifs is 2. The van der Waals surface area contributed by atoms with Crippen molar-refractivity contribution >= 4 is 5.69 Å². The van der Waals surface area contributed by atoms with Crippen molar-refractivity contribution in [1.29, 1.82) is 5.26 Å². The van der Waals surface area contributed by atoms with E-state index in [4.69, 9.17) is 9.72 Å². The van der Waals surface area contributed by atoms with Gasteiger partial charge in [0.15, 0.2) is 0 Å². The summed E-state index contributed by atoms with van der Waals surface area (Å²) in [4.78, 5) is 9.46. The Balaban J connectivity index is 1.40. The van der Waals surface area contributed by atoms with E-state index < -0.39 is 6.36 Å². The van der Waals surface area contributed by atoms with E-state index in [1.807, 2.05) is 37.3 Å². The minimum atomic E-state index is -4.80. The van der Waals surface area contributed by atoms with Gasteiger partial charge in [0.1, 0.15) is 17.6 Å². The Morgan fingerprint density at radius 3 is 2.55 bits per heavy atom. The number of hydrogen-bond acceptors (Lipinski definition) is 6. The predicted molar refractivity (Wildman–Crippen MR) is 138 cm³/mol. The second kappa shape index (κ2) is 10.2. The number of anilines is 1. The molecule has 0 amide bonds. The summed E-state index contributed by atoms with van der Waals surface area (Å²) >= 11 is 0. The van der Waals surface area contributed by atoms with Crippen LogP contribution in [0.25, 0.3) is 11.3 Å². The number of halogens is 3. The lowest BCUT2D eigenvalue weighted by Crippen LogP contribution is -2.51. The molecule has 1 fully saturated rings. The molecular formula is C29H29F3N4O2. The third kappa shape index (κ3) is 5.14. The smallest absolute Gasteiger partial charge is 0.493 e. The lowest BCUT2D eigenvalue weighted by molar-refractivity contribution is -0.274. The number of aromatic nitrogens is 1. The molecule has 3 heterocycles. The van der Waals surface area contributed by atoms with Gasteiger partial charge in [-0.05, 0) is 62.7 Å². The van der Waals surface area contributed by atoms with Gasteiger partial charge < -0.3 is 14.4 Å². The maximum absolute atomic E-state index is 12.6. The molecule has 1 spiro atoms. The molecular weight excluding hydrogens is 493 g/mol. The van der Waals surface area contributed by atoms with E-state index in [1.54, 1.807) is 6.07 Å². The van der Waals surface area contributed by atoms with E-state index in [1.165, 1.54) is 11.6 Å². The maximum atomic E-state index is 12.6. The van der Waals surface area contributed by atoms with E-state index in [-0.39, 0.29) is 16.7 Å². The fourth-order valence-electron chi connectivity index (χ4n) is 5.81. The van der Waals surface area contributed by atoms with Crippen molar-refractivity contribution in [1.82, 2.24) is 9.88 Å². The number of nitrogens with zero attached hydrogens (tertiary/aromatic N) is 4. The summed E-state index contributed by atoms with van der Waals surface area (Å²) in [6.45, 7) is 5.55. The third-order valence-electron chi connectivity index (χ3n) is 7.38. The van der Waals surface area contributed by atoms with Crippen molar-refractivity contribution in [2.75, 3.05) is 38.2 Å². The van der Waals surface area contributed by atoms with Crippen LogP contribution in [0.3, 0.4) is 0 Å². The molecule has 38 heavy (non-hydrogen) atoms. The van der Waals surface area contributed by atoms with Gasteiger partial charge in [0, 0.05) is 43.2 Å². The molecule has 0 aliphatic carbocycles. The molecule has 0 radical (unpaired) electrons. The Labute approximate surface area is 220 Å². The fraction of sp³-hybridized carbons (Fsp3) is 0.379. The SMILES string of the molecule is CCOc1ccccc1-c1ccc2c(n1)CN(C)CC21CCN(c2ccc(OC(F)(F)F)cc2C#N)CC1. The van der Waals surface area contributed by atoms with Crippen molar-refractivity contribution in [3.63, 3.8) is 0 Å². The van der Waals surface area contributed by atoms with Gasteiger partial charge in [-0.15, -0.1) is 13.2 Å². The number of alkyl halides is 3. The molecule has 6 nitrogen and oxygen atoms in total. The van der Waals surface area contributed by atoms with Gasteiger partial charge in [0.25, 0.3) is 0 Å². The highest BCUT2D eigenvalue weighted by atomic mass is 19.4. The second-order valence-electron chi connectivity index (χ2n) is 9.90. The zero-order chi connectivity index (χ0) is 26.9. The third-order valence-corrected chi connectivity index (χ3v) is 7.38. The van der Waals surface area contributed by atoms with E-state index >= 15 is 0 Å². The summed E-state index contributed by atoms with van der Waals surface area (Å²) in [6, 6.07) is 18.2. The zero-order valence-corrected chi connectivity index (χ0v) is 21.4. The van der Waals surface area contributed by atoms with Crippen molar-refractivity contribution in [3.8, 4) is 28.8 Å². The lowest BCUT2D eigenvalue weighted by atomic mass is 9.69. The van der Waals surface area contributed by atoms with Gasteiger partial charge in [0.2, 0.25) is 0 Å². The number of pyridine rings is 1. The van der Waals surface area contributed by atoms with E-state index in [0.717, 1.165) is 54.7 Å². The maximum Gasteiger partial charge on any atom is 0.573 e. The van der Waals surface area contributed by atoms with Crippen LogP contribution in [0.4, 0.5) is 18.9 Å². The summed E-state index contributed by atoms with van der Waals surface area (Å²) in [5, 5.41) is 9.61. The monoisotopic (exact) mass is 522 g/mol. The van der Waals surface area contributed by atoms with Gasteiger partial charge in [-0.1, -0.05) is 18.2 Å². The number of hydrogen-bond donors (Lipinski definition) is 0. The first-order valence-electron chi connectivity index (χ1n) is 12.7. The van der Waals surface area contributed by atoms with Crippen molar-refractivity contribution < 1.29 is 22.6 Å². The Bertz CT molecular complexity index is 1360. The Morgan fingerprint density at radius 2 is 1.84 bits per heavy atom. The van der Waals surface area contributed by atoms with Crippen LogP contribution in [-0.2, 0) is 12.0 Å². The molecule has 1 saturated heterocycles. The average molecular weight is 523 g/mol. The molecule has 2 aliphatic rings. The molecule has 2 aromatic carbocycles. The van der Waals surface area contributed by atoms with Crippen LogP contribution in [0, 0.1) is 11.3 Å². The molecule has 198 valence electrons. The van der Waals surface area contributed by atoms with E-state index in [9.17, 15) is 18.4 Å². The number of ether oxygens (including phenoxy) is 2. The van der Waals surface area contributed by atoms with Gasteiger partial charge in [0.05, 0.1) is 29.2 Å². The highest BCUT2D eigenvalue weighted by Crippen LogP contribution is 2.43. The van der Waals surface area contributed by atoms with Gasteiger partial charge in [-0.25, -0.2) is 0 Å². The average Bonchev–Trinajstić information content (AvgIpc) is 2.88.